The highest BCUT2D eigenvalue weighted by atomic mass is 16.3. The van der Waals surface area contributed by atoms with Crippen molar-refractivity contribution in [2.45, 2.75) is 71.8 Å². The molecule has 1 aromatic carbocycles. The maximum Gasteiger partial charge on any atom is 0.236 e. The number of nitrogens with zero attached hydrogens (tertiary/aromatic N) is 3. The lowest BCUT2D eigenvalue weighted by molar-refractivity contribution is -0.133. The molecule has 1 fully saturated rings. The normalized spacial score (nSPS) is 15.4. The molecule has 0 spiro atoms. The predicted octanol–water partition coefficient (Wildman–Crippen LogP) is 5.38. The van der Waals surface area contributed by atoms with Gasteiger partial charge in [0.05, 0.1) is 17.8 Å². The molecule has 1 aliphatic heterocycles. The number of carbonyl (C=O) groups is 1. The van der Waals surface area contributed by atoms with Gasteiger partial charge in [0.1, 0.15) is 0 Å². The number of piperidine rings is 1. The van der Waals surface area contributed by atoms with Crippen LogP contribution in [0.25, 0.3) is 22.2 Å². The van der Waals surface area contributed by atoms with E-state index in [-0.39, 0.29) is 5.91 Å². The number of H-pyrrole nitrogens is 1. The van der Waals surface area contributed by atoms with Gasteiger partial charge in [0.15, 0.2) is 0 Å². The van der Waals surface area contributed by atoms with Gasteiger partial charge in [-0.15, -0.1) is 0 Å². The molecule has 36 heavy (non-hydrogen) atoms. The maximum atomic E-state index is 12.8. The summed E-state index contributed by atoms with van der Waals surface area (Å²) in [7, 11) is 1.89. The van der Waals surface area contributed by atoms with Gasteiger partial charge in [0, 0.05) is 47.5 Å². The van der Waals surface area contributed by atoms with E-state index in [0.717, 1.165) is 37.3 Å². The number of hydrogen-bond donors (Lipinski definition) is 2. The zero-order valence-corrected chi connectivity index (χ0v) is 23.0. The highest BCUT2D eigenvalue weighted by Gasteiger charge is 2.26. The van der Waals surface area contributed by atoms with Crippen molar-refractivity contribution in [2.24, 2.45) is 0 Å². The number of aromatic amines is 1. The van der Waals surface area contributed by atoms with Gasteiger partial charge in [-0.25, -0.2) is 0 Å². The highest BCUT2D eigenvalue weighted by Crippen LogP contribution is 2.38. The van der Waals surface area contributed by atoms with E-state index in [1.165, 1.54) is 33.3 Å². The first kappa shape index (κ1) is 26.4. The summed E-state index contributed by atoms with van der Waals surface area (Å²) in [6.45, 7) is 14.6. The van der Waals surface area contributed by atoms with Gasteiger partial charge in [0.2, 0.25) is 5.91 Å². The van der Waals surface area contributed by atoms with E-state index in [0.29, 0.717) is 24.9 Å². The van der Waals surface area contributed by atoms with Crippen LogP contribution in [0.3, 0.4) is 0 Å². The van der Waals surface area contributed by atoms with Crippen LogP contribution in [-0.2, 0) is 4.79 Å². The fourth-order valence-corrected chi connectivity index (χ4v) is 5.80. The van der Waals surface area contributed by atoms with Gasteiger partial charge in [-0.1, -0.05) is 19.9 Å². The number of hydrogen-bond acceptors (Lipinski definition) is 4. The molecular weight excluding hydrogens is 448 g/mol. The van der Waals surface area contributed by atoms with Crippen molar-refractivity contribution in [3.63, 3.8) is 0 Å². The van der Waals surface area contributed by atoms with Gasteiger partial charge in [-0.2, -0.15) is 0 Å². The zero-order chi connectivity index (χ0) is 26.2. The first-order chi connectivity index (χ1) is 16.9. The van der Waals surface area contributed by atoms with E-state index >= 15 is 0 Å². The Morgan fingerprint density at radius 3 is 2.39 bits per heavy atom. The Kier molecular flexibility index (Phi) is 7.58. The molecule has 6 heteroatoms. The Hall–Kier alpha value is -2.70. The minimum atomic E-state index is -0.803. The monoisotopic (exact) mass is 490 g/mol. The molecule has 194 valence electrons. The third kappa shape index (κ3) is 5.98. The zero-order valence-electron chi connectivity index (χ0n) is 23.0. The minimum Gasteiger partial charge on any atom is -0.389 e. The lowest BCUT2D eigenvalue weighted by Gasteiger charge is -2.34. The van der Waals surface area contributed by atoms with Crippen molar-refractivity contribution in [3.8, 4) is 11.3 Å². The molecule has 0 radical (unpaired) electrons. The number of rotatable bonds is 7. The lowest BCUT2D eigenvalue weighted by Crippen LogP contribution is -2.45. The number of aromatic nitrogens is 2. The van der Waals surface area contributed by atoms with E-state index in [4.69, 9.17) is 0 Å². The van der Waals surface area contributed by atoms with Gasteiger partial charge < -0.3 is 15.0 Å². The molecule has 6 nitrogen and oxygen atoms in total. The van der Waals surface area contributed by atoms with Gasteiger partial charge in [-0.3, -0.25) is 14.7 Å². The number of fused-ring (bicyclic) bond motifs is 1. The fourth-order valence-electron chi connectivity index (χ4n) is 5.80. The Labute approximate surface area is 215 Å². The van der Waals surface area contributed by atoms with Crippen LogP contribution in [0.4, 0.5) is 0 Å². The summed E-state index contributed by atoms with van der Waals surface area (Å²) in [6, 6.07) is 11.2. The average molecular weight is 491 g/mol. The Morgan fingerprint density at radius 2 is 1.81 bits per heavy atom. The van der Waals surface area contributed by atoms with Crippen LogP contribution in [0.15, 0.2) is 30.3 Å². The number of pyridine rings is 1. The topological polar surface area (TPSA) is 72.5 Å². The summed E-state index contributed by atoms with van der Waals surface area (Å²) in [5.74, 6) is 0.991. The highest BCUT2D eigenvalue weighted by molar-refractivity contribution is 5.92. The largest absolute Gasteiger partial charge is 0.389 e. The summed E-state index contributed by atoms with van der Waals surface area (Å²) in [4.78, 5) is 25.0. The summed E-state index contributed by atoms with van der Waals surface area (Å²) < 4.78 is 0. The molecule has 1 aliphatic rings. The fraction of sp³-hybridized carbons (Fsp3) is 0.533. The quantitative estimate of drug-likeness (QED) is 0.466. The van der Waals surface area contributed by atoms with Crippen LogP contribution in [0.5, 0.6) is 0 Å². The smallest absolute Gasteiger partial charge is 0.236 e. The Bertz CT molecular complexity index is 1210. The first-order valence-corrected chi connectivity index (χ1v) is 13.2. The van der Waals surface area contributed by atoms with E-state index in [1.54, 1.807) is 13.8 Å². The van der Waals surface area contributed by atoms with Crippen molar-refractivity contribution in [3.05, 3.63) is 52.8 Å². The summed E-state index contributed by atoms with van der Waals surface area (Å²) in [6.07, 6.45) is 1.95. The summed E-state index contributed by atoms with van der Waals surface area (Å²) in [5.41, 5.74) is 7.56. The second kappa shape index (κ2) is 10.3. The van der Waals surface area contributed by atoms with Crippen LogP contribution in [0.2, 0.25) is 0 Å². The molecule has 0 unspecified atom stereocenters. The molecule has 1 amide bonds. The molecule has 0 aliphatic carbocycles. The number of aliphatic hydroxyl groups is 1. The first-order valence-electron chi connectivity index (χ1n) is 13.2. The van der Waals surface area contributed by atoms with Crippen molar-refractivity contribution in [1.82, 2.24) is 19.8 Å². The number of likely N-dealkylation sites (tertiary alicyclic amines) is 1. The molecule has 0 saturated carbocycles. The second-order valence-corrected chi connectivity index (χ2v) is 11.7. The van der Waals surface area contributed by atoms with Crippen LogP contribution >= 0.6 is 0 Å². The van der Waals surface area contributed by atoms with Crippen LogP contribution < -0.4 is 0 Å². The number of nitrogens with one attached hydrogen (secondary N) is 1. The Morgan fingerprint density at radius 1 is 1.17 bits per heavy atom. The van der Waals surface area contributed by atoms with Crippen molar-refractivity contribution in [2.75, 3.05) is 33.2 Å². The third-order valence-electron chi connectivity index (χ3n) is 7.19. The second-order valence-electron chi connectivity index (χ2n) is 11.7. The molecule has 0 atom stereocenters. The van der Waals surface area contributed by atoms with Gasteiger partial charge in [0.25, 0.3) is 0 Å². The average Bonchev–Trinajstić information content (AvgIpc) is 3.16. The van der Waals surface area contributed by atoms with E-state index in [1.807, 2.05) is 16.8 Å². The number of benzene rings is 1. The summed E-state index contributed by atoms with van der Waals surface area (Å²) >= 11 is 0. The molecular formula is C30H42N4O2. The molecule has 3 heterocycles. The predicted molar refractivity (Wildman–Crippen MR) is 147 cm³/mol. The standard InChI is InChI=1S/C30H42N4O2/c1-19(2)28-25-16-23(8-9-26(25)32-29(28)24-14-20(3)31-21(4)15-24)22-10-12-34(13-11-22)27(35)17-33(7)18-30(5,6)36/h8-9,14-16,19,22,32,36H,10-13,17-18H2,1-7H3. The van der Waals surface area contributed by atoms with Crippen molar-refractivity contribution in [1.29, 1.82) is 0 Å². The number of amides is 1. The molecule has 2 aromatic heterocycles. The van der Waals surface area contributed by atoms with Crippen molar-refractivity contribution < 1.29 is 9.90 Å². The lowest BCUT2D eigenvalue weighted by atomic mass is 9.87. The summed E-state index contributed by atoms with van der Waals surface area (Å²) in [5, 5.41) is 11.3. The third-order valence-corrected chi connectivity index (χ3v) is 7.19. The minimum absolute atomic E-state index is 0.149. The molecule has 4 rings (SSSR count). The van der Waals surface area contributed by atoms with Gasteiger partial charge in [-0.05, 0) is 94.8 Å². The number of likely N-dealkylation sites (N-methyl/N-ethyl adjacent to an activating group) is 1. The van der Waals surface area contributed by atoms with E-state index in [9.17, 15) is 9.90 Å². The number of aryl methyl sites for hydroxylation is 2. The molecule has 2 N–H and O–H groups in total. The van der Waals surface area contributed by atoms with Gasteiger partial charge >= 0.3 is 0 Å². The Balaban J connectivity index is 1.51. The van der Waals surface area contributed by atoms with Crippen LogP contribution in [0, 0.1) is 13.8 Å². The van der Waals surface area contributed by atoms with Crippen LogP contribution in [-0.4, -0.2) is 69.6 Å². The SMILES string of the molecule is Cc1cc(-c2[nH]c3ccc(C4CCN(C(=O)CN(C)CC(C)(C)O)CC4)cc3c2C(C)C)cc(C)n1. The molecule has 1 saturated heterocycles. The van der Waals surface area contributed by atoms with E-state index in [2.05, 4.69) is 68.0 Å². The number of carbonyl (C=O) groups excluding carboxylic acids is 1. The van der Waals surface area contributed by atoms with Crippen LogP contribution in [0.1, 0.15) is 74.9 Å². The molecule has 3 aromatic rings. The van der Waals surface area contributed by atoms with E-state index < -0.39 is 5.60 Å². The van der Waals surface area contributed by atoms with Crippen molar-refractivity contribution >= 4 is 16.8 Å². The maximum absolute atomic E-state index is 12.8. The molecule has 0 bridgehead atoms.